The molecule has 0 fully saturated rings. The van der Waals surface area contributed by atoms with Crippen molar-refractivity contribution >= 4 is 5.91 Å². The number of nitrogens with zero attached hydrogens (tertiary/aromatic N) is 2. The lowest BCUT2D eigenvalue weighted by Gasteiger charge is -2.15. The first kappa shape index (κ1) is 20.0. The lowest BCUT2D eigenvalue weighted by molar-refractivity contribution is -0.135. The summed E-state index contributed by atoms with van der Waals surface area (Å²) in [6.45, 7) is 0.672. The van der Waals surface area contributed by atoms with Gasteiger partial charge in [-0.05, 0) is 35.7 Å². The summed E-state index contributed by atoms with van der Waals surface area (Å²) in [7, 11) is 0. The Labute approximate surface area is 171 Å². The number of nitrogens with one attached hydrogen (secondary N) is 1. The van der Waals surface area contributed by atoms with Crippen LogP contribution in [0.1, 0.15) is 34.3 Å². The smallest absolute Gasteiger partial charge is 0.389 e. The van der Waals surface area contributed by atoms with Gasteiger partial charge in [-0.1, -0.05) is 30.3 Å². The van der Waals surface area contributed by atoms with E-state index in [1.807, 2.05) is 30.3 Å². The molecule has 0 unspecified atom stereocenters. The van der Waals surface area contributed by atoms with E-state index < -0.39 is 12.6 Å². The summed E-state index contributed by atoms with van der Waals surface area (Å²) in [4.78, 5) is 13.8. The fraction of sp³-hybridized carbons (Fsp3) is 0.273. The summed E-state index contributed by atoms with van der Waals surface area (Å²) >= 11 is 0. The SMILES string of the molecule is O=C1c2ccc(OCc3cn[nH]c3-c3ccccc3)cc2CN1CCCC(F)(F)F. The molecule has 2 heterocycles. The second kappa shape index (κ2) is 8.22. The van der Waals surface area contributed by atoms with E-state index in [1.165, 1.54) is 4.90 Å². The van der Waals surface area contributed by atoms with Gasteiger partial charge in [-0.25, -0.2) is 0 Å². The molecule has 0 saturated carbocycles. The van der Waals surface area contributed by atoms with Crippen molar-refractivity contribution in [3.63, 3.8) is 0 Å². The van der Waals surface area contributed by atoms with Crippen LogP contribution >= 0.6 is 0 Å². The van der Waals surface area contributed by atoms with Crippen molar-refractivity contribution in [1.29, 1.82) is 0 Å². The highest BCUT2D eigenvalue weighted by Gasteiger charge is 2.30. The van der Waals surface area contributed by atoms with Crippen LogP contribution in [0.25, 0.3) is 11.3 Å². The normalized spacial score (nSPS) is 13.6. The lowest BCUT2D eigenvalue weighted by atomic mass is 10.1. The second-order valence-electron chi connectivity index (χ2n) is 7.19. The summed E-state index contributed by atoms with van der Waals surface area (Å²) in [5, 5.41) is 7.08. The predicted molar refractivity (Wildman–Crippen MR) is 105 cm³/mol. The highest BCUT2D eigenvalue weighted by molar-refractivity contribution is 5.98. The van der Waals surface area contributed by atoms with Crippen molar-refractivity contribution < 1.29 is 22.7 Å². The Morgan fingerprint density at radius 3 is 2.70 bits per heavy atom. The van der Waals surface area contributed by atoms with E-state index in [2.05, 4.69) is 10.2 Å². The van der Waals surface area contributed by atoms with Gasteiger partial charge in [0.2, 0.25) is 0 Å². The molecular weight excluding hydrogens is 395 g/mol. The summed E-state index contributed by atoms with van der Waals surface area (Å²) in [6, 6.07) is 14.9. The third-order valence-corrected chi connectivity index (χ3v) is 5.02. The third-order valence-electron chi connectivity index (χ3n) is 5.02. The number of alkyl halides is 3. The van der Waals surface area contributed by atoms with Gasteiger partial charge in [-0.3, -0.25) is 9.89 Å². The lowest BCUT2D eigenvalue weighted by Crippen LogP contribution is -2.26. The zero-order valence-electron chi connectivity index (χ0n) is 16.1. The molecule has 0 spiro atoms. The molecule has 1 aliphatic heterocycles. The van der Waals surface area contributed by atoms with Gasteiger partial charge in [0, 0.05) is 30.6 Å². The Morgan fingerprint density at radius 1 is 1.13 bits per heavy atom. The van der Waals surface area contributed by atoms with Crippen molar-refractivity contribution in [2.24, 2.45) is 0 Å². The molecule has 8 heteroatoms. The van der Waals surface area contributed by atoms with Crippen LogP contribution in [0, 0.1) is 0 Å². The van der Waals surface area contributed by atoms with Gasteiger partial charge in [0.05, 0.1) is 11.9 Å². The predicted octanol–water partition coefficient (Wildman–Crippen LogP) is 4.95. The summed E-state index contributed by atoms with van der Waals surface area (Å²) in [5.41, 5.74) is 4.06. The standard InChI is InChI=1S/C22H20F3N3O2/c23-22(24,25)9-4-10-28-13-16-11-18(7-8-19(16)21(28)29)30-14-17-12-26-27-20(17)15-5-2-1-3-6-15/h1-3,5-8,11-12H,4,9-10,13-14H2,(H,26,27). The molecule has 5 nitrogen and oxygen atoms in total. The number of carbonyl (C=O) groups excluding carboxylic acids is 1. The number of hydrogen-bond acceptors (Lipinski definition) is 3. The van der Waals surface area contributed by atoms with Gasteiger partial charge in [0.1, 0.15) is 12.4 Å². The number of aromatic nitrogens is 2. The summed E-state index contributed by atoms with van der Waals surface area (Å²) < 4.78 is 43.0. The van der Waals surface area contributed by atoms with Gasteiger partial charge < -0.3 is 9.64 Å². The van der Waals surface area contributed by atoms with Crippen LogP contribution in [0.2, 0.25) is 0 Å². The Morgan fingerprint density at radius 2 is 1.93 bits per heavy atom. The van der Waals surface area contributed by atoms with Crippen molar-refractivity contribution in [3.8, 4) is 17.0 Å². The number of H-pyrrole nitrogens is 1. The van der Waals surface area contributed by atoms with Gasteiger partial charge in [0.25, 0.3) is 5.91 Å². The topological polar surface area (TPSA) is 58.2 Å². The minimum absolute atomic E-state index is 0.0820. The Hall–Kier alpha value is -3.29. The van der Waals surface area contributed by atoms with Crippen molar-refractivity contribution in [2.75, 3.05) is 6.54 Å². The van der Waals surface area contributed by atoms with Crippen molar-refractivity contribution in [2.45, 2.75) is 32.2 Å². The van der Waals surface area contributed by atoms with Crippen LogP contribution in [0.5, 0.6) is 5.75 Å². The van der Waals surface area contributed by atoms with Crippen LogP contribution in [-0.2, 0) is 13.2 Å². The molecular formula is C22H20F3N3O2. The van der Waals surface area contributed by atoms with E-state index >= 15 is 0 Å². The second-order valence-corrected chi connectivity index (χ2v) is 7.19. The summed E-state index contributed by atoms with van der Waals surface area (Å²) in [6.07, 6.45) is -3.49. The van der Waals surface area contributed by atoms with E-state index in [0.717, 1.165) is 22.4 Å². The van der Waals surface area contributed by atoms with Crippen LogP contribution < -0.4 is 4.74 Å². The van der Waals surface area contributed by atoms with Gasteiger partial charge >= 0.3 is 6.18 Å². The average Bonchev–Trinajstić information content (AvgIpc) is 3.31. The molecule has 0 bridgehead atoms. The number of carbonyl (C=O) groups is 1. The zero-order chi connectivity index (χ0) is 21.1. The van der Waals surface area contributed by atoms with E-state index in [-0.39, 0.29) is 18.9 Å². The maximum absolute atomic E-state index is 12.4. The van der Waals surface area contributed by atoms with Gasteiger partial charge in [-0.15, -0.1) is 0 Å². The minimum Gasteiger partial charge on any atom is -0.489 e. The number of rotatable bonds is 7. The molecule has 30 heavy (non-hydrogen) atoms. The first-order chi connectivity index (χ1) is 14.4. The molecule has 1 N–H and O–H groups in total. The molecule has 0 atom stereocenters. The number of aromatic amines is 1. The van der Waals surface area contributed by atoms with E-state index in [9.17, 15) is 18.0 Å². The maximum atomic E-state index is 12.4. The maximum Gasteiger partial charge on any atom is 0.389 e. The van der Waals surface area contributed by atoms with Crippen LogP contribution in [-0.4, -0.2) is 33.7 Å². The number of ether oxygens (including phenoxy) is 1. The largest absolute Gasteiger partial charge is 0.489 e. The average molecular weight is 415 g/mol. The minimum atomic E-state index is -4.21. The molecule has 3 aromatic rings. The highest BCUT2D eigenvalue weighted by atomic mass is 19.4. The fourth-order valence-corrected chi connectivity index (χ4v) is 3.53. The van der Waals surface area contributed by atoms with Crippen molar-refractivity contribution in [3.05, 3.63) is 71.4 Å². The van der Waals surface area contributed by atoms with E-state index in [1.54, 1.807) is 24.4 Å². The van der Waals surface area contributed by atoms with Gasteiger partial charge in [0.15, 0.2) is 0 Å². The molecule has 2 aromatic carbocycles. The number of benzene rings is 2. The Kier molecular flexibility index (Phi) is 5.48. The Balaban J connectivity index is 1.39. The molecule has 1 aliphatic rings. The monoisotopic (exact) mass is 415 g/mol. The molecule has 4 rings (SSSR count). The molecule has 0 aliphatic carbocycles. The molecule has 1 aromatic heterocycles. The number of amides is 1. The quantitative estimate of drug-likeness (QED) is 0.594. The molecule has 0 radical (unpaired) electrons. The van der Waals surface area contributed by atoms with E-state index in [0.29, 0.717) is 24.5 Å². The Bertz CT molecular complexity index is 1030. The first-order valence-electron chi connectivity index (χ1n) is 9.60. The fourth-order valence-electron chi connectivity index (χ4n) is 3.53. The molecule has 1 amide bonds. The third kappa shape index (κ3) is 4.48. The molecule has 0 saturated heterocycles. The van der Waals surface area contributed by atoms with E-state index in [4.69, 9.17) is 4.74 Å². The van der Waals surface area contributed by atoms with Crippen LogP contribution in [0.3, 0.4) is 0 Å². The number of halogens is 3. The van der Waals surface area contributed by atoms with Crippen LogP contribution in [0.4, 0.5) is 13.2 Å². The first-order valence-corrected chi connectivity index (χ1v) is 9.60. The highest BCUT2D eigenvalue weighted by Crippen LogP contribution is 2.29. The summed E-state index contributed by atoms with van der Waals surface area (Å²) in [5.74, 6) is 0.360. The van der Waals surface area contributed by atoms with Gasteiger partial charge in [-0.2, -0.15) is 18.3 Å². The van der Waals surface area contributed by atoms with Crippen molar-refractivity contribution in [1.82, 2.24) is 15.1 Å². The van der Waals surface area contributed by atoms with Crippen LogP contribution in [0.15, 0.2) is 54.7 Å². The number of hydrogen-bond donors (Lipinski definition) is 1. The molecule has 156 valence electrons. The number of fused-ring (bicyclic) bond motifs is 1. The zero-order valence-corrected chi connectivity index (χ0v) is 16.1.